The Balaban J connectivity index is 2.22. The lowest BCUT2D eigenvalue weighted by Crippen LogP contribution is -2.35. The van der Waals surface area contributed by atoms with Gasteiger partial charge in [-0.25, -0.2) is 0 Å². The zero-order valence-corrected chi connectivity index (χ0v) is 7.12. The number of allylic oxidation sites excluding steroid dienone is 1. The summed E-state index contributed by atoms with van der Waals surface area (Å²) < 4.78 is 0. The van der Waals surface area contributed by atoms with E-state index in [1.54, 1.807) is 0 Å². The van der Waals surface area contributed by atoms with Crippen molar-refractivity contribution >= 4 is 0 Å². The van der Waals surface area contributed by atoms with Crippen LogP contribution < -0.4 is 0 Å². The number of aliphatic hydroxyl groups is 1. The van der Waals surface area contributed by atoms with Crippen LogP contribution in [0.2, 0.25) is 0 Å². The Bertz CT molecular complexity index is 200. The summed E-state index contributed by atoms with van der Waals surface area (Å²) in [7, 11) is 2.07. The maximum absolute atomic E-state index is 9.61. The zero-order chi connectivity index (χ0) is 8.01. The minimum absolute atomic E-state index is 0.0984. The van der Waals surface area contributed by atoms with Gasteiger partial charge in [-0.05, 0) is 19.8 Å². The van der Waals surface area contributed by atoms with Crippen LogP contribution in [-0.2, 0) is 0 Å². The molecule has 11 heavy (non-hydrogen) atoms. The Morgan fingerprint density at radius 1 is 1.55 bits per heavy atom. The van der Waals surface area contributed by atoms with Crippen molar-refractivity contribution in [1.29, 1.82) is 0 Å². The van der Waals surface area contributed by atoms with Gasteiger partial charge in [-0.1, -0.05) is 6.08 Å². The summed E-state index contributed by atoms with van der Waals surface area (Å²) in [6.45, 7) is 2.12. The van der Waals surface area contributed by atoms with E-state index in [9.17, 15) is 5.11 Å². The Hall–Kier alpha value is -0.500. The smallest absolute Gasteiger partial charge is 0.0749 e. The van der Waals surface area contributed by atoms with Gasteiger partial charge in [0.25, 0.3) is 0 Å². The van der Waals surface area contributed by atoms with Crippen molar-refractivity contribution in [2.24, 2.45) is 5.92 Å². The maximum atomic E-state index is 9.61. The average molecular weight is 153 g/mol. The summed E-state index contributed by atoms with van der Waals surface area (Å²) in [5, 5.41) is 9.61. The summed E-state index contributed by atoms with van der Waals surface area (Å²) in [4.78, 5) is 2.21. The van der Waals surface area contributed by atoms with Gasteiger partial charge >= 0.3 is 0 Å². The Morgan fingerprint density at radius 3 is 2.91 bits per heavy atom. The van der Waals surface area contributed by atoms with Gasteiger partial charge in [-0.15, -0.1) is 0 Å². The molecule has 0 bridgehead atoms. The van der Waals surface area contributed by atoms with Gasteiger partial charge in [-0.3, -0.25) is 0 Å². The van der Waals surface area contributed by atoms with E-state index < -0.39 is 0 Å². The van der Waals surface area contributed by atoms with Crippen LogP contribution in [0.15, 0.2) is 11.8 Å². The van der Waals surface area contributed by atoms with E-state index in [1.165, 1.54) is 5.70 Å². The van der Waals surface area contributed by atoms with Crippen LogP contribution in [-0.4, -0.2) is 29.2 Å². The molecule has 0 aromatic carbocycles. The highest BCUT2D eigenvalue weighted by molar-refractivity contribution is 5.16. The lowest BCUT2D eigenvalue weighted by Gasteiger charge is -2.26. The van der Waals surface area contributed by atoms with Crippen molar-refractivity contribution in [2.45, 2.75) is 31.9 Å². The number of hydrogen-bond acceptors (Lipinski definition) is 2. The molecule has 0 aromatic rings. The molecule has 0 amide bonds. The van der Waals surface area contributed by atoms with Gasteiger partial charge in [0, 0.05) is 18.7 Å². The fraction of sp³-hybridized carbons (Fsp3) is 0.778. The van der Waals surface area contributed by atoms with Gasteiger partial charge in [-0.2, -0.15) is 0 Å². The molecule has 3 atom stereocenters. The van der Waals surface area contributed by atoms with Crippen LogP contribution in [0.25, 0.3) is 0 Å². The molecule has 1 heterocycles. The molecule has 2 aliphatic rings. The standard InChI is InChI=1S/C9H15NO/c1-6-5-7-3-4-8(11)9(7)10(6)2/h5,7-9,11H,3-4H2,1-2H3. The largest absolute Gasteiger partial charge is 0.391 e. The van der Waals surface area contributed by atoms with E-state index in [-0.39, 0.29) is 6.10 Å². The van der Waals surface area contributed by atoms with E-state index in [0.29, 0.717) is 12.0 Å². The Morgan fingerprint density at radius 2 is 2.27 bits per heavy atom. The Labute approximate surface area is 67.5 Å². The highest BCUT2D eigenvalue weighted by Gasteiger charge is 2.40. The second-order valence-corrected chi connectivity index (χ2v) is 3.72. The molecule has 1 N–H and O–H groups in total. The van der Waals surface area contributed by atoms with Crippen LogP contribution in [0.4, 0.5) is 0 Å². The molecule has 0 saturated heterocycles. The number of likely N-dealkylation sites (N-methyl/N-ethyl adjacent to an activating group) is 1. The van der Waals surface area contributed by atoms with Crippen LogP contribution in [0.1, 0.15) is 19.8 Å². The quantitative estimate of drug-likeness (QED) is 0.560. The first kappa shape index (κ1) is 7.17. The molecule has 1 aliphatic carbocycles. The first-order chi connectivity index (χ1) is 5.20. The normalized spacial score (nSPS) is 42.6. The molecule has 2 heteroatoms. The molecule has 3 unspecified atom stereocenters. The minimum atomic E-state index is -0.0984. The van der Waals surface area contributed by atoms with Gasteiger partial charge in [0.1, 0.15) is 0 Å². The molecule has 1 aliphatic heterocycles. The molecule has 1 fully saturated rings. The van der Waals surface area contributed by atoms with Gasteiger partial charge in [0.2, 0.25) is 0 Å². The fourth-order valence-corrected chi connectivity index (χ4v) is 2.38. The summed E-state index contributed by atoms with van der Waals surface area (Å²) in [5.41, 5.74) is 1.32. The number of hydrogen-bond donors (Lipinski definition) is 1. The number of nitrogens with zero attached hydrogens (tertiary/aromatic N) is 1. The average Bonchev–Trinajstić information content (AvgIpc) is 2.41. The van der Waals surface area contributed by atoms with E-state index in [0.717, 1.165) is 12.8 Å². The maximum Gasteiger partial charge on any atom is 0.0749 e. The lowest BCUT2D eigenvalue weighted by atomic mass is 10.1. The fourth-order valence-electron chi connectivity index (χ4n) is 2.38. The van der Waals surface area contributed by atoms with Crippen molar-refractivity contribution in [3.05, 3.63) is 11.8 Å². The molecule has 0 spiro atoms. The monoisotopic (exact) mass is 153 g/mol. The predicted molar refractivity (Wildman–Crippen MR) is 44.0 cm³/mol. The van der Waals surface area contributed by atoms with Crippen LogP contribution >= 0.6 is 0 Å². The predicted octanol–water partition coefficient (Wildman–Crippen LogP) is 0.975. The molecular weight excluding hydrogens is 138 g/mol. The van der Waals surface area contributed by atoms with Gasteiger partial charge in [0.15, 0.2) is 0 Å². The van der Waals surface area contributed by atoms with E-state index in [4.69, 9.17) is 0 Å². The second-order valence-electron chi connectivity index (χ2n) is 3.72. The van der Waals surface area contributed by atoms with Crippen LogP contribution in [0.5, 0.6) is 0 Å². The van der Waals surface area contributed by atoms with Crippen molar-refractivity contribution in [2.75, 3.05) is 7.05 Å². The first-order valence-corrected chi connectivity index (χ1v) is 4.29. The summed E-state index contributed by atoms with van der Waals surface area (Å²) in [6, 6.07) is 0.384. The number of fused-ring (bicyclic) bond motifs is 1. The first-order valence-electron chi connectivity index (χ1n) is 4.29. The third-order valence-corrected chi connectivity index (χ3v) is 3.09. The topological polar surface area (TPSA) is 23.5 Å². The SMILES string of the molecule is CC1=CC2CCC(O)C2N1C. The third kappa shape index (κ3) is 0.890. The summed E-state index contributed by atoms with van der Waals surface area (Å²) >= 11 is 0. The number of aliphatic hydroxyl groups excluding tert-OH is 1. The lowest BCUT2D eigenvalue weighted by molar-refractivity contribution is 0.103. The van der Waals surface area contributed by atoms with Crippen molar-refractivity contribution in [1.82, 2.24) is 4.90 Å². The molecule has 2 nitrogen and oxygen atoms in total. The Kier molecular flexibility index (Phi) is 1.46. The molecule has 62 valence electrons. The third-order valence-electron chi connectivity index (χ3n) is 3.09. The minimum Gasteiger partial charge on any atom is -0.391 e. The molecule has 1 saturated carbocycles. The van der Waals surface area contributed by atoms with E-state index >= 15 is 0 Å². The van der Waals surface area contributed by atoms with E-state index in [1.807, 2.05) is 0 Å². The zero-order valence-electron chi connectivity index (χ0n) is 7.12. The van der Waals surface area contributed by atoms with Crippen molar-refractivity contribution in [3.63, 3.8) is 0 Å². The molecular formula is C9H15NO. The molecule has 0 aromatic heterocycles. The second kappa shape index (κ2) is 2.24. The van der Waals surface area contributed by atoms with Gasteiger partial charge in [0.05, 0.1) is 12.1 Å². The van der Waals surface area contributed by atoms with Crippen molar-refractivity contribution < 1.29 is 5.11 Å². The van der Waals surface area contributed by atoms with Crippen molar-refractivity contribution in [3.8, 4) is 0 Å². The molecule has 2 rings (SSSR count). The van der Waals surface area contributed by atoms with E-state index in [2.05, 4.69) is 24.9 Å². The highest BCUT2D eigenvalue weighted by Crippen LogP contribution is 2.37. The number of rotatable bonds is 0. The highest BCUT2D eigenvalue weighted by atomic mass is 16.3. The van der Waals surface area contributed by atoms with Crippen LogP contribution in [0.3, 0.4) is 0 Å². The van der Waals surface area contributed by atoms with Crippen LogP contribution in [0, 0.1) is 5.92 Å². The molecule has 0 radical (unpaired) electrons. The van der Waals surface area contributed by atoms with Gasteiger partial charge < -0.3 is 10.0 Å². The summed E-state index contributed by atoms with van der Waals surface area (Å²) in [6.07, 6.45) is 4.33. The summed E-state index contributed by atoms with van der Waals surface area (Å²) in [5.74, 6) is 0.620.